The molecule has 1 N–H and O–H groups in total. The predicted octanol–water partition coefficient (Wildman–Crippen LogP) is 4.07. The van der Waals surface area contributed by atoms with Crippen LogP contribution in [0.3, 0.4) is 0 Å². The smallest absolute Gasteiger partial charge is 0.255 e. The number of nitrogens with one attached hydrogen (secondary N) is 1. The van der Waals surface area contributed by atoms with E-state index in [0.717, 1.165) is 34.2 Å². The van der Waals surface area contributed by atoms with Crippen molar-refractivity contribution in [3.8, 4) is 22.1 Å². The minimum absolute atomic E-state index is 0.257. The number of ether oxygens (including phenoxy) is 2. The number of fused-ring (bicyclic) bond motifs is 1. The largest absolute Gasteiger partial charge is 0.497 e. The molecule has 0 unspecified atom stereocenters. The van der Waals surface area contributed by atoms with E-state index >= 15 is 0 Å². The summed E-state index contributed by atoms with van der Waals surface area (Å²) >= 11 is 1.46. The van der Waals surface area contributed by atoms with Crippen molar-refractivity contribution in [2.45, 2.75) is 19.8 Å². The summed E-state index contributed by atoms with van der Waals surface area (Å²) in [4.78, 5) is 13.5. The first kappa shape index (κ1) is 19.8. The van der Waals surface area contributed by atoms with Gasteiger partial charge in [0.1, 0.15) is 16.5 Å². The number of benzene rings is 2. The summed E-state index contributed by atoms with van der Waals surface area (Å²) in [5.41, 5.74) is 2.01. The highest BCUT2D eigenvalue weighted by atomic mass is 32.1. The number of carbonyl (C=O) groups is 1. The van der Waals surface area contributed by atoms with Crippen LogP contribution in [0.4, 0.5) is 5.69 Å². The molecular formula is C21H21N5O3S. The summed E-state index contributed by atoms with van der Waals surface area (Å²) in [6, 6.07) is 12.6. The first-order valence-electron chi connectivity index (χ1n) is 9.47. The van der Waals surface area contributed by atoms with Gasteiger partial charge in [0.2, 0.25) is 4.96 Å². The minimum Gasteiger partial charge on any atom is -0.497 e. The fraction of sp³-hybridized carbons (Fsp3) is 0.238. The van der Waals surface area contributed by atoms with Gasteiger partial charge in [0.15, 0.2) is 5.82 Å². The van der Waals surface area contributed by atoms with E-state index in [4.69, 9.17) is 9.47 Å². The molecular weight excluding hydrogens is 402 g/mol. The molecule has 154 valence electrons. The molecule has 8 nitrogen and oxygen atoms in total. The highest BCUT2D eigenvalue weighted by molar-refractivity contribution is 7.19. The van der Waals surface area contributed by atoms with Crippen molar-refractivity contribution in [2.75, 3.05) is 19.5 Å². The fourth-order valence-electron chi connectivity index (χ4n) is 3.03. The lowest BCUT2D eigenvalue weighted by molar-refractivity contribution is 0.102. The van der Waals surface area contributed by atoms with Gasteiger partial charge >= 0.3 is 0 Å². The molecule has 2 aromatic heterocycles. The Morgan fingerprint density at radius 1 is 1.10 bits per heavy atom. The third-order valence-electron chi connectivity index (χ3n) is 4.51. The Kier molecular flexibility index (Phi) is 5.62. The highest BCUT2D eigenvalue weighted by Crippen LogP contribution is 2.28. The standard InChI is InChI=1S/C21H21N5O3S/c1-4-6-18-23-24-21-26(18)25-20(30-21)13-7-5-8-15(9-13)22-19(27)14-10-16(28-2)12-17(11-14)29-3/h5,7-12H,4,6H2,1-3H3,(H,22,27). The molecule has 2 heterocycles. The van der Waals surface area contributed by atoms with Crippen LogP contribution in [-0.4, -0.2) is 39.9 Å². The van der Waals surface area contributed by atoms with Crippen molar-refractivity contribution in [1.82, 2.24) is 19.8 Å². The van der Waals surface area contributed by atoms with Crippen molar-refractivity contribution < 1.29 is 14.3 Å². The van der Waals surface area contributed by atoms with Crippen molar-refractivity contribution in [3.05, 3.63) is 53.9 Å². The fourth-order valence-corrected chi connectivity index (χ4v) is 3.88. The number of rotatable bonds is 7. The van der Waals surface area contributed by atoms with Crippen molar-refractivity contribution in [3.63, 3.8) is 0 Å². The van der Waals surface area contributed by atoms with Crippen LogP contribution in [0.1, 0.15) is 29.5 Å². The lowest BCUT2D eigenvalue weighted by atomic mass is 10.1. The van der Waals surface area contributed by atoms with Crippen LogP contribution in [0.15, 0.2) is 42.5 Å². The van der Waals surface area contributed by atoms with E-state index < -0.39 is 0 Å². The predicted molar refractivity (Wildman–Crippen MR) is 116 cm³/mol. The van der Waals surface area contributed by atoms with Gasteiger partial charge in [-0.05, 0) is 30.7 Å². The maximum atomic E-state index is 12.8. The average molecular weight is 423 g/mol. The van der Waals surface area contributed by atoms with Crippen LogP contribution in [-0.2, 0) is 6.42 Å². The number of anilines is 1. The van der Waals surface area contributed by atoms with E-state index in [1.54, 1.807) is 36.9 Å². The normalized spacial score (nSPS) is 10.9. The van der Waals surface area contributed by atoms with E-state index in [-0.39, 0.29) is 5.91 Å². The van der Waals surface area contributed by atoms with E-state index in [1.807, 2.05) is 24.3 Å². The second-order valence-electron chi connectivity index (χ2n) is 6.60. The molecule has 0 fully saturated rings. The Balaban J connectivity index is 1.59. The molecule has 9 heteroatoms. The maximum absolute atomic E-state index is 12.8. The zero-order valence-electron chi connectivity index (χ0n) is 16.9. The third kappa shape index (κ3) is 3.97. The Hall–Kier alpha value is -3.46. The molecule has 0 atom stereocenters. The van der Waals surface area contributed by atoms with Gasteiger partial charge in [-0.2, -0.15) is 9.61 Å². The van der Waals surface area contributed by atoms with E-state index in [1.165, 1.54) is 11.3 Å². The van der Waals surface area contributed by atoms with E-state index in [0.29, 0.717) is 22.7 Å². The number of aryl methyl sites for hydroxylation is 1. The molecule has 0 aliphatic heterocycles. The number of methoxy groups -OCH3 is 2. The van der Waals surface area contributed by atoms with Crippen LogP contribution >= 0.6 is 11.3 Å². The van der Waals surface area contributed by atoms with Crippen LogP contribution < -0.4 is 14.8 Å². The van der Waals surface area contributed by atoms with Gasteiger partial charge in [-0.3, -0.25) is 4.79 Å². The minimum atomic E-state index is -0.257. The molecule has 0 saturated heterocycles. The Bertz CT molecular complexity index is 1180. The molecule has 0 aliphatic carbocycles. The lowest BCUT2D eigenvalue weighted by Crippen LogP contribution is -2.12. The second-order valence-corrected chi connectivity index (χ2v) is 7.56. The molecule has 0 saturated carbocycles. The molecule has 2 aromatic carbocycles. The molecule has 0 radical (unpaired) electrons. The molecule has 4 aromatic rings. The van der Waals surface area contributed by atoms with Gasteiger partial charge in [0.05, 0.1) is 14.2 Å². The summed E-state index contributed by atoms with van der Waals surface area (Å²) < 4.78 is 12.3. The number of carbonyl (C=O) groups excluding carboxylic acids is 1. The summed E-state index contributed by atoms with van der Waals surface area (Å²) in [5, 5.41) is 16.8. The molecule has 0 aliphatic rings. The first-order valence-corrected chi connectivity index (χ1v) is 10.3. The van der Waals surface area contributed by atoms with Gasteiger partial charge < -0.3 is 14.8 Å². The average Bonchev–Trinajstić information content (AvgIpc) is 3.35. The van der Waals surface area contributed by atoms with E-state index in [9.17, 15) is 4.79 Å². The second kappa shape index (κ2) is 8.50. The highest BCUT2D eigenvalue weighted by Gasteiger charge is 2.14. The quantitative estimate of drug-likeness (QED) is 0.482. The summed E-state index contributed by atoms with van der Waals surface area (Å²) in [5.74, 6) is 1.70. The first-order chi connectivity index (χ1) is 14.6. The Morgan fingerprint density at radius 3 is 2.57 bits per heavy atom. The monoisotopic (exact) mass is 423 g/mol. The van der Waals surface area contributed by atoms with Crippen molar-refractivity contribution in [1.29, 1.82) is 0 Å². The number of hydrogen-bond acceptors (Lipinski definition) is 7. The molecule has 1 amide bonds. The summed E-state index contributed by atoms with van der Waals surface area (Å²) in [6.07, 6.45) is 1.80. The Labute approximate surface area is 177 Å². The number of nitrogens with zero attached hydrogens (tertiary/aromatic N) is 4. The Morgan fingerprint density at radius 2 is 1.87 bits per heavy atom. The third-order valence-corrected chi connectivity index (χ3v) is 5.46. The molecule has 0 bridgehead atoms. The van der Waals surface area contributed by atoms with Crippen molar-refractivity contribution in [2.24, 2.45) is 0 Å². The zero-order valence-corrected chi connectivity index (χ0v) is 17.7. The van der Waals surface area contributed by atoms with Crippen molar-refractivity contribution >= 4 is 27.9 Å². The summed E-state index contributed by atoms with van der Waals surface area (Å²) in [7, 11) is 3.10. The number of hydrogen-bond donors (Lipinski definition) is 1. The number of aromatic nitrogens is 4. The van der Waals surface area contributed by atoms with Crippen LogP contribution in [0.5, 0.6) is 11.5 Å². The number of amides is 1. The summed E-state index contributed by atoms with van der Waals surface area (Å²) in [6.45, 7) is 2.10. The van der Waals surface area contributed by atoms with Gasteiger partial charge in [0.25, 0.3) is 5.91 Å². The van der Waals surface area contributed by atoms with Gasteiger partial charge in [-0.25, -0.2) is 0 Å². The lowest BCUT2D eigenvalue weighted by Gasteiger charge is -2.10. The SMILES string of the molecule is CCCc1nnc2sc(-c3cccc(NC(=O)c4cc(OC)cc(OC)c4)c3)nn12. The molecule has 0 spiro atoms. The van der Waals surface area contributed by atoms with Crippen LogP contribution in [0.2, 0.25) is 0 Å². The maximum Gasteiger partial charge on any atom is 0.255 e. The molecule has 30 heavy (non-hydrogen) atoms. The van der Waals surface area contributed by atoms with Crippen LogP contribution in [0, 0.1) is 0 Å². The zero-order chi connectivity index (χ0) is 21.1. The van der Waals surface area contributed by atoms with E-state index in [2.05, 4.69) is 27.5 Å². The van der Waals surface area contributed by atoms with Gasteiger partial charge in [0, 0.05) is 29.3 Å². The van der Waals surface area contributed by atoms with Gasteiger partial charge in [-0.1, -0.05) is 30.4 Å². The van der Waals surface area contributed by atoms with Crippen LogP contribution in [0.25, 0.3) is 15.5 Å². The molecule has 4 rings (SSSR count). The topological polar surface area (TPSA) is 90.6 Å². The van der Waals surface area contributed by atoms with Gasteiger partial charge in [-0.15, -0.1) is 10.2 Å².